The summed E-state index contributed by atoms with van der Waals surface area (Å²) in [7, 11) is 0. The normalized spacial score (nSPS) is 11.1. The number of aromatic nitrogens is 1. The lowest BCUT2D eigenvalue weighted by atomic mass is 10.1. The summed E-state index contributed by atoms with van der Waals surface area (Å²) in [4.78, 5) is 33.8. The summed E-state index contributed by atoms with van der Waals surface area (Å²) < 4.78 is 1.16. The van der Waals surface area contributed by atoms with Crippen molar-refractivity contribution in [3.05, 3.63) is 34.2 Å². The van der Waals surface area contributed by atoms with E-state index in [1.165, 1.54) is 12.3 Å². The minimum Gasteiger partial charge on any atom is -0.478 e. The Morgan fingerprint density at radius 2 is 2.00 bits per heavy atom. The van der Waals surface area contributed by atoms with Crippen LogP contribution in [0.3, 0.4) is 0 Å². The number of pyridine rings is 1. The molecule has 0 atom stereocenters. The van der Waals surface area contributed by atoms with Gasteiger partial charge in [0.25, 0.3) is 5.56 Å². The van der Waals surface area contributed by atoms with Crippen molar-refractivity contribution in [1.29, 1.82) is 0 Å². The number of carbonyl (C=O) groups is 2. The van der Waals surface area contributed by atoms with Crippen LogP contribution in [0.15, 0.2) is 23.1 Å². The molecule has 1 aromatic heterocycles. The number of nitrogens with one attached hydrogen (secondary N) is 1. The first-order valence-electron chi connectivity index (χ1n) is 5.44. The van der Waals surface area contributed by atoms with Crippen LogP contribution in [0.25, 0.3) is 0 Å². The van der Waals surface area contributed by atoms with Gasteiger partial charge in [0.1, 0.15) is 6.54 Å². The SMILES string of the molecule is CC(C)(C)NC(=O)Cn1ccc(C(=O)O)cc1=O. The van der Waals surface area contributed by atoms with E-state index in [0.29, 0.717) is 0 Å². The fourth-order valence-corrected chi connectivity index (χ4v) is 1.38. The molecule has 1 aromatic rings. The summed E-state index contributed by atoms with van der Waals surface area (Å²) in [6, 6.07) is 2.28. The highest BCUT2D eigenvalue weighted by atomic mass is 16.4. The Morgan fingerprint density at radius 1 is 1.39 bits per heavy atom. The zero-order valence-corrected chi connectivity index (χ0v) is 10.6. The third-order valence-corrected chi connectivity index (χ3v) is 2.07. The van der Waals surface area contributed by atoms with Gasteiger partial charge < -0.3 is 15.0 Å². The van der Waals surface area contributed by atoms with Crippen molar-refractivity contribution in [2.24, 2.45) is 0 Å². The zero-order chi connectivity index (χ0) is 13.9. The first-order valence-corrected chi connectivity index (χ1v) is 5.44. The van der Waals surface area contributed by atoms with Crippen LogP contribution in [-0.4, -0.2) is 27.1 Å². The molecule has 0 aromatic carbocycles. The van der Waals surface area contributed by atoms with Crippen molar-refractivity contribution in [2.45, 2.75) is 32.9 Å². The Bertz CT molecular complexity index is 526. The number of carbonyl (C=O) groups excluding carboxylic acids is 1. The highest BCUT2D eigenvalue weighted by Crippen LogP contribution is 1.99. The van der Waals surface area contributed by atoms with Gasteiger partial charge in [-0.05, 0) is 26.8 Å². The van der Waals surface area contributed by atoms with Gasteiger partial charge >= 0.3 is 5.97 Å². The number of aromatic carboxylic acids is 1. The van der Waals surface area contributed by atoms with Crippen molar-refractivity contribution in [1.82, 2.24) is 9.88 Å². The van der Waals surface area contributed by atoms with Gasteiger partial charge in [0.05, 0.1) is 5.56 Å². The molecule has 18 heavy (non-hydrogen) atoms. The lowest BCUT2D eigenvalue weighted by molar-refractivity contribution is -0.123. The van der Waals surface area contributed by atoms with Gasteiger partial charge in [-0.3, -0.25) is 9.59 Å². The van der Waals surface area contributed by atoms with E-state index < -0.39 is 11.5 Å². The molecule has 98 valence electrons. The molecule has 0 aliphatic rings. The lowest BCUT2D eigenvalue weighted by Crippen LogP contribution is -2.43. The quantitative estimate of drug-likeness (QED) is 0.818. The molecular formula is C12H16N2O4. The van der Waals surface area contributed by atoms with E-state index in [-0.39, 0.29) is 23.6 Å². The monoisotopic (exact) mass is 252 g/mol. The van der Waals surface area contributed by atoms with E-state index >= 15 is 0 Å². The van der Waals surface area contributed by atoms with E-state index in [9.17, 15) is 14.4 Å². The van der Waals surface area contributed by atoms with Gasteiger partial charge in [-0.25, -0.2) is 4.79 Å². The van der Waals surface area contributed by atoms with Crippen LogP contribution in [0.5, 0.6) is 0 Å². The Morgan fingerprint density at radius 3 is 2.44 bits per heavy atom. The van der Waals surface area contributed by atoms with Crippen molar-refractivity contribution >= 4 is 11.9 Å². The number of hydrogen-bond acceptors (Lipinski definition) is 3. The number of amides is 1. The molecule has 0 aliphatic carbocycles. The number of hydrogen-bond donors (Lipinski definition) is 2. The highest BCUT2D eigenvalue weighted by molar-refractivity contribution is 5.87. The van der Waals surface area contributed by atoms with Crippen LogP contribution in [0.2, 0.25) is 0 Å². The summed E-state index contributed by atoms with van der Waals surface area (Å²) in [5.41, 5.74) is -0.978. The molecule has 6 heteroatoms. The topological polar surface area (TPSA) is 88.4 Å². The molecule has 0 bridgehead atoms. The molecule has 2 N–H and O–H groups in total. The maximum atomic E-state index is 11.6. The van der Waals surface area contributed by atoms with Crippen molar-refractivity contribution in [3.8, 4) is 0 Å². The van der Waals surface area contributed by atoms with Crippen LogP contribution in [0.4, 0.5) is 0 Å². The fourth-order valence-electron chi connectivity index (χ4n) is 1.38. The van der Waals surface area contributed by atoms with Gasteiger partial charge in [0.2, 0.25) is 5.91 Å². The molecule has 0 unspecified atom stereocenters. The molecule has 0 spiro atoms. The second-order valence-corrected chi connectivity index (χ2v) is 4.98. The molecule has 1 rings (SSSR count). The fraction of sp³-hybridized carbons (Fsp3) is 0.417. The number of carboxylic acids is 1. The smallest absolute Gasteiger partial charge is 0.335 e. The minimum absolute atomic E-state index is 0.0903. The van der Waals surface area contributed by atoms with E-state index in [4.69, 9.17) is 5.11 Å². The standard InChI is InChI=1S/C12H16N2O4/c1-12(2,3)13-9(15)7-14-5-4-8(11(17)18)6-10(14)16/h4-6H,7H2,1-3H3,(H,13,15)(H,17,18). The van der Waals surface area contributed by atoms with Gasteiger partial charge in [0, 0.05) is 17.8 Å². The average molecular weight is 252 g/mol. The molecule has 0 fully saturated rings. The molecular weight excluding hydrogens is 236 g/mol. The molecule has 1 amide bonds. The predicted octanol–water partition coefficient (Wildman–Crippen LogP) is 0.461. The third kappa shape index (κ3) is 4.04. The Balaban J connectivity index is 2.84. The van der Waals surface area contributed by atoms with Crippen molar-refractivity contribution in [2.75, 3.05) is 0 Å². The molecule has 0 saturated heterocycles. The van der Waals surface area contributed by atoms with E-state index in [1.54, 1.807) is 0 Å². The summed E-state index contributed by atoms with van der Waals surface area (Å²) in [6.45, 7) is 5.37. The summed E-state index contributed by atoms with van der Waals surface area (Å²) in [6.07, 6.45) is 1.30. The maximum absolute atomic E-state index is 11.6. The van der Waals surface area contributed by atoms with Crippen LogP contribution >= 0.6 is 0 Å². The summed E-state index contributed by atoms with van der Waals surface area (Å²) >= 11 is 0. The maximum Gasteiger partial charge on any atom is 0.335 e. The van der Waals surface area contributed by atoms with Gasteiger partial charge in [-0.2, -0.15) is 0 Å². The second-order valence-electron chi connectivity index (χ2n) is 4.98. The molecule has 0 aliphatic heterocycles. The van der Waals surface area contributed by atoms with Gasteiger partial charge in [-0.15, -0.1) is 0 Å². The van der Waals surface area contributed by atoms with Gasteiger partial charge in [0.15, 0.2) is 0 Å². The molecule has 1 heterocycles. The highest BCUT2D eigenvalue weighted by Gasteiger charge is 2.14. The lowest BCUT2D eigenvalue weighted by Gasteiger charge is -2.20. The Kier molecular flexibility index (Phi) is 3.90. The van der Waals surface area contributed by atoms with E-state index in [2.05, 4.69) is 5.32 Å². The van der Waals surface area contributed by atoms with Crippen LogP contribution < -0.4 is 10.9 Å². The average Bonchev–Trinajstić information content (AvgIpc) is 2.17. The first-order chi connectivity index (χ1) is 8.19. The molecule has 0 radical (unpaired) electrons. The Labute approximate surface area is 104 Å². The van der Waals surface area contributed by atoms with Crippen molar-refractivity contribution in [3.63, 3.8) is 0 Å². The minimum atomic E-state index is -1.17. The van der Waals surface area contributed by atoms with Crippen molar-refractivity contribution < 1.29 is 14.7 Å². The largest absolute Gasteiger partial charge is 0.478 e. The number of rotatable bonds is 3. The number of carboxylic acid groups (broad SMARTS) is 1. The first kappa shape index (κ1) is 14.0. The predicted molar refractivity (Wildman–Crippen MR) is 65.6 cm³/mol. The summed E-state index contributed by atoms with van der Waals surface area (Å²) in [5, 5.41) is 11.4. The van der Waals surface area contributed by atoms with Crippen LogP contribution in [0.1, 0.15) is 31.1 Å². The van der Waals surface area contributed by atoms with Crippen LogP contribution in [0, 0.1) is 0 Å². The van der Waals surface area contributed by atoms with Crippen LogP contribution in [-0.2, 0) is 11.3 Å². The van der Waals surface area contributed by atoms with E-state index in [1.807, 2.05) is 20.8 Å². The molecule has 6 nitrogen and oxygen atoms in total. The zero-order valence-electron chi connectivity index (χ0n) is 10.6. The molecule has 0 saturated carbocycles. The number of nitrogens with zero attached hydrogens (tertiary/aromatic N) is 1. The second kappa shape index (κ2) is 5.03. The summed E-state index contributed by atoms with van der Waals surface area (Å²) in [5.74, 6) is -1.47. The van der Waals surface area contributed by atoms with E-state index in [0.717, 1.165) is 10.6 Å². The van der Waals surface area contributed by atoms with Gasteiger partial charge in [-0.1, -0.05) is 0 Å². The third-order valence-electron chi connectivity index (χ3n) is 2.07. The Hall–Kier alpha value is -2.11.